The van der Waals surface area contributed by atoms with E-state index in [0.29, 0.717) is 0 Å². The van der Waals surface area contributed by atoms with E-state index in [1.54, 1.807) is 0 Å². The molecule has 0 heterocycles. The van der Waals surface area contributed by atoms with Crippen LogP contribution < -0.4 is 5.73 Å². The van der Waals surface area contributed by atoms with Gasteiger partial charge < -0.3 is 5.73 Å². The average molecular weight is 247 g/mol. The Morgan fingerprint density at radius 1 is 0.812 bits per heavy atom. The molecule has 0 aliphatic carbocycles. The van der Waals surface area contributed by atoms with Gasteiger partial charge in [0.15, 0.2) is 0 Å². The summed E-state index contributed by atoms with van der Waals surface area (Å²) in [6.45, 7) is 0. The Morgan fingerprint density at radius 2 is 1.25 bits per heavy atom. The van der Waals surface area contributed by atoms with Crippen molar-refractivity contribution in [1.82, 2.24) is 0 Å². The molecule has 1 aromatic carbocycles. The summed E-state index contributed by atoms with van der Waals surface area (Å²) in [5.41, 5.74) is 0.00832. The second-order valence-corrected chi connectivity index (χ2v) is 2.91. The van der Waals surface area contributed by atoms with Crippen molar-refractivity contribution in [3.63, 3.8) is 0 Å². The number of hydrogen-bond donors (Lipinski definition) is 1. The first-order chi connectivity index (χ1) is 7.03. The lowest BCUT2D eigenvalue weighted by molar-refractivity contribution is -0.144. The highest BCUT2D eigenvalue weighted by atomic mass is 19.4. The third kappa shape index (κ3) is 2.37. The molecule has 90 valence electrons. The summed E-state index contributed by atoms with van der Waals surface area (Å²) < 4.78 is 85.6. The SMILES string of the molecule is Nc1cc(F)c(C(F)(F)F)cc1C(F)(F)F. The van der Waals surface area contributed by atoms with E-state index in [-0.39, 0.29) is 12.1 Å². The van der Waals surface area contributed by atoms with E-state index in [4.69, 9.17) is 5.73 Å². The Bertz CT molecular complexity index is 369. The van der Waals surface area contributed by atoms with Gasteiger partial charge in [0.1, 0.15) is 5.82 Å². The van der Waals surface area contributed by atoms with Gasteiger partial charge >= 0.3 is 12.4 Å². The van der Waals surface area contributed by atoms with Gasteiger partial charge in [-0.1, -0.05) is 0 Å². The van der Waals surface area contributed by atoms with E-state index in [0.717, 1.165) is 0 Å². The van der Waals surface area contributed by atoms with Crippen molar-refractivity contribution < 1.29 is 30.7 Å². The molecule has 0 atom stereocenters. The molecule has 0 saturated heterocycles. The third-order valence-corrected chi connectivity index (χ3v) is 1.75. The van der Waals surface area contributed by atoms with Crippen LogP contribution in [0.1, 0.15) is 11.1 Å². The fourth-order valence-electron chi connectivity index (χ4n) is 1.05. The summed E-state index contributed by atoms with van der Waals surface area (Å²) in [6, 6.07) is -0.337. The van der Waals surface area contributed by atoms with Crippen LogP contribution in [0.2, 0.25) is 0 Å². The summed E-state index contributed by atoms with van der Waals surface area (Å²) in [7, 11) is 0. The highest BCUT2D eigenvalue weighted by molar-refractivity contribution is 5.51. The first-order valence-corrected chi connectivity index (χ1v) is 3.77. The molecule has 2 N–H and O–H groups in total. The fourth-order valence-corrected chi connectivity index (χ4v) is 1.05. The summed E-state index contributed by atoms with van der Waals surface area (Å²) >= 11 is 0. The number of hydrogen-bond acceptors (Lipinski definition) is 1. The van der Waals surface area contributed by atoms with E-state index >= 15 is 0 Å². The average Bonchev–Trinajstić information content (AvgIpc) is 1.97. The number of rotatable bonds is 0. The Balaban J connectivity index is 3.45. The van der Waals surface area contributed by atoms with E-state index < -0.39 is 35.0 Å². The predicted octanol–water partition coefficient (Wildman–Crippen LogP) is 3.45. The summed E-state index contributed by atoms with van der Waals surface area (Å²) in [5, 5.41) is 0. The van der Waals surface area contributed by atoms with Crippen LogP contribution in [0.3, 0.4) is 0 Å². The summed E-state index contributed by atoms with van der Waals surface area (Å²) in [6.07, 6.45) is -10.3. The second kappa shape index (κ2) is 3.53. The molecule has 0 aliphatic heterocycles. The lowest BCUT2D eigenvalue weighted by atomic mass is 10.1. The van der Waals surface area contributed by atoms with Crippen molar-refractivity contribution in [2.24, 2.45) is 0 Å². The molecule has 8 heteroatoms. The zero-order valence-corrected chi connectivity index (χ0v) is 7.38. The van der Waals surface area contributed by atoms with E-state index in [1.165, 1.54) is 0 Å². The van der Waals surface area contributed by atoms with E-state index in [1.807, 2.05) is 0 Å². The van der Waals surface area contributed by atoms with Gasteiger partial charge in [-0.25, -0.2) is 4.39 Å². The van der Waals surface area contributed by atoms with Crippen molar-refractivity contribution in [3.05, 3.63) is 29.1 Å². The number of nitrogens with two attached hydrogens (primary N) is 1. The molecule has 1 nitrogen and oxygen atoms in total. The van der Waals surface area contributed by atoms with Gasteiger partial charge in [-0.2, -0.15) is 26.3 Å². The quantitative estimate of drug-likeness (QED) is 0.551. The van der Waals surface area contributed by atoms with Gasteiger partial charge in [0, 0.05) is 5.69 Å². The minimum atomic E-state index is -5.20. The van der Waals surface area contributed by atoms with Crippen LogP contribution >= 0.6 is 0 Å². The molecule has 1 rings (SSSR count). The summed E-state index contributed by atoms with van der Waals surface area (Å²) in [5.74, 6) is -1.84. The summed E-state index contributed by atoms with van der Waals surface area (Å²) in [4.78, 5) is 0. The van der Waals surface area contributed by atoms with Crippen LogP contribution in [-0.2, 0) is 12.4 Å². The van der Waals surface area contributed by atoms with Crippen LogP contribution in [0, 0.1) is 5.82 Å². The molecule has 0 fully saturated rings. The van der Waals surface area contributed by atoms with Crippen LogP contribution in [-0.4, -0.2) is 0 Å². The van der Waals surface area contributed by atoms with Gasteiger partial charge in [0.2, 0.25) is 0 Å². The van der Waals surface area contributed by atoms with Crippen LogP contribution in [0.25, 0.3) is 0 Å². The Labute approximate surface area is 84.7 Å². The molecule has 0 aromatic heterocycles. The lowest BCUT2D eigenvalue weighted by Crippen LogP contribution is -2.15. The maximum atomic E-state index is 12.7. The van der Waals surface area contributed by atoms with Gasteiger partial charge in [-0.3, -0.25) is 0 Å². The first-order valence-electron chi connectivity index (χ1n) is 3.77. The van der Waals surface area contributed by atoms with E-state index in [9.17, 15) is 30.7 Å². The zero-order chi connectivity index (χ0) is 12.7. The molecule has 16 heavy (non-hydrogen) atoms. The van der Waals surface area contributed by atoms with Crippen molar-refractivity contribution in [3.8, 4) is 0 Å². The molecule has 0 bridgehead atoms. The molecule has 0 spiro atoms. The van der Waals surface area contributed by atoms with Gasteiger partial charge in [-0.15, -0.1) is 0 Å². The van der Waals surface area contributed by atoms with Crippen molar-refractivity contribution in [1.29, 1.82) is 0 Å². The van der Waals surface area contributed by atoms with Crippen LogP contribution in [0.15, 0.2) is 12.1 Å². The minimum Gasteiger partial charge on any atom is -0.398 e. The highest BCUT2D eigenvalue weighted by Gasteiger charge is 2.40. The predicted molar refractivity (Wildman–Crippen MR) is 40.8 cm³/mol. The lowest BCUT2D eigenvalue weighted by Gasteiger charge is -2.14. The molecular weight excluding hydrogens is 243 g/mol. The number of benzene rings is 1. The minimum absolute atomic E-state index is 0.00560. The maximum Gasteiger partial charge on any atom is 0.419 e. The number of halogens is 7. The molecule has 0 amide bonds. The van der Waals surface area contributed by atoms with Crippen molar-refractivity contribution in [2.75, 3.05) is 5.73 Å². The Hall–Kier alpha value is -1.47. The Morgan fingerprint density at radius 3 is 1.62 bits per heavy atom. The largest absolute Gasteiger partial charge is 0.419 e. The maximum absolute atomic E-state index is 12.7. The highest BCUT2D eigenvalue weighted by Crippen LogP contribution is 2.39. The molecule has 0 unspecified atom stereocenters. The molecule has 0 aliphatic rings. The van der Waals surface area contributed by atoms with Crippen LogP contribution in [0.5, 0.6) is 0 Å². The van der Waals surface area contributed by atoms with E-state index in [2.05, 4.69) is 0 Å². The zero-order valence-electron chi connectivity index (χ0n) is 7.38. The molecule has 0 radical (unpaired) electrons. The number of alkyl halides is 6. The normalized spacial score (nSPS) is 12.9. The van der Waals surface area contributed by atoms with Gasteiger partial charge in [-0.05, 0) is 12.1 Å². The Kier molecular flexibility index (Phi) is 2.78. The van der Waals surface area contributed by atoms with Gasteiger partial charge in [0.25, 0.3) is 0 Å². The van der Waals surface area contributed by atoms with Crippen LogP contribution in [0.4, 0.5) is 36.4 Å². The van der Waals surface area contributed by atoms with Gasteiger partial charge in [0.05, 0.1) is 11.1 Å². The van der Waals surface area contributed by atoms with Crippen molar-refractivity contribution in [2.45, 2.75) is 12.4 Å². The van der Waals surface area contributed by atoms with Crippen molar-refractivity contribution >= 4 is 5.69 Å². The topological polar surface area (TPSA) is 26.0 Å². The number of nitrogen functional groups attached to an aromatic ring is 1. The first kappa shape index (κ1) is 12.6. The smallest absolute Gasteiger partial charge is 0.398 e. The molecular formula is C8H4F7N. The monoisotopic (exact) mass is 247 g/mol. The standard InChI is InChI=1S/C8H4F7N/c9-5-2-6(16)4(8(13,14)15)1-3(5)7(10,11)12/h1-2H,16H2. The third-order valence-electron chi connectivity index (χ3n) is 1.75. The molecule has 1 aromatic rings. The molecule has 0 saturated carbocycles. The number of anilines is 1. The second-order valence-electron chi connectivity index (χ2n) is 2.91. The fraction of sp³-hybridized carbons (Fsp3) is 0.250.